The molecule has 0 saturated heterocycles. The first-order chi connectivity index (χ1) is 4.57. The number of thioether (sulfide) groups is 1. The van der Waals surface area contributed by atoms with E-state index in [4.69, 9.17) is 0 Å². The maximum Gasteiger partial charge on any atom is 0.0143 e. The van der Waals surface area contributed by atoms with Gasteiger partial charge in [-0.25, -0.2) is 0 Å². The van der Waals surface area contributed by atoms with Crippen molar-refractivity contribution in [1.29, 1.82) is 0 Å². The predicted octanol–water partition coefficient (Wildman–Crippen LogP) is 2.08. The average Bonchev–Trinajstić information content (AvgIpc) is 1.87. The summed E-state index contributed by atoms with van der Waals surface area (Å²) in [6.07, 6.45) is 2.17. The highest BCUT2D eigenvalue weighted by molar-refractivity contribution is 7.99. The first-order valence-electron chi connectivity index (χ1n) is 3.81. The third-order valence-electron chi connectivity index (χ3n) is 1.83. The van der Waals surface area contributed by atoms with Crippen LogP contribution in [0.2, 0.25) is 0 Å². The van der Waals surface area contributed by atoms with E-state index in [1.807, 2.05) is 11.8 Å². The van der Waals surface area contributed by atoms with Crippen LogP contribution in [-0.4, -0.2) is 36.0 Å². The third-order valence-corrected chi connectivity index (χ3v) is 2.78. The molecule has 10 heavy (non-hydrogen) atoms. The van der Waals surface area contributed by atoms with Gasteiger partial charge in [-0.05, 0) is 27.2 Å². The van der Waals surface area contributed by atoms with Crippen LogP contribution in [0.4, 0.5) is 0 Å². The van der Waals surface area contributed by atoms with Crippen LogP contribution in [0.25, 0.3) is 0 Å². The van der Waals surface area contributed by atoms with Crippen LogP contribution in [0.15, 0.2) is 0 Å². The summed E-state index contributed by atoms with van der Waals surface area (Å²) in [6, 6.07) is 0.676. The monoisotopic (exact) mass is 161 g/mol. The van der Waals surface area contributed by atoms with E-state index in [1.54, 1.807) is 0 Å². The molecular formula is C8H19NS. The van der Waals surface area contributed by atoms with E-state index in [1.165, 1.54) is 6.54 Å². The Hall–Kier alpha value is 0.310. The predicted molar refractivity (Wildman–Crippen MR) is 50.7 cm³/mol. The number of hydrogen-bond donors (Lipinski definition) is 0. The lowest BCUT2D eigenvalue weighted by Gasteiger charge is -2.23. The molecule has 0 spiro atoms. The van der Waals surface area contributed by atoms with E-state index in [0.29, 0.717) is 6.04 Å². The Bertz CT molecular complexity index is 83.3. The van der Waals surface area contributed by atoms with Gasteiger partial charge in [0.1, 0.15) is 0 Å². The van der Waals surface area contributed by atoms with E-state index in [-0.39, 0.29) is 0 Å². The van der Waals surface area contributed by atoms with Crippen molar-refractivity contribution in [1.82, 2.24) is 4.90 Å². The highest BCUT2D eigenvalue weighted by Crippen LogP contribution is 2.07. The Morgan fingerprint density at radius 3 is 2.10 bits per heavy atom. The van der Waals surface area contributed by atoms with Gasteiger partial charge in [0.15, 0.2) is 0 Å². The van der Waals surface area contributed by atoms with Crippen LogP contribution in [-0.2, 0) is 0 Å². The smallest absolute Gasteiger partial charge is 0.0143 e. The maximum atomic E-state index is 2.38. The Morgan fingerprint density at radius 1 is 1.30 bits per heavy atom. The fourth-order valence-corrected chi connectivity index (χ4v) is 1.08. The van der Waals surface area contributed by atoms with Crippen molar-refractivity contribution in [2.75, 3.05) is 19.8 Å². The van der Waals surface area contributed by atoms with E-state index in [0.717, 1.165) is 5.25 Å². The van der Waals surface area contributed by atoms with Crippen molar-refractivity contribution < 1.29 is 0 Å². The van der Waals surface area contributed by atoms with E-state index in [2.05, 4.69) is 39.0 Å². The van der Waals surface area contributed by atoms with E-state index in [9.17, 15) is 0 Å². The van der Waals surface area contributed by atoms with Crippen molar-refractivity contribution in [3.63, 3.8) is 0 Å². The molecule has 0 bridgehead atoms. The fraction of sp³-hybridized carbons (Fsp3) is 1.00. The molecule has 0 aliphatic rings. The number of nitrogens with zero attached hydrogens (tertiary/aromatic N) is 1. The molecule has 0 fully saturated rings. The minimum Gasteiger partial charge on any atom is -0.303 e. The standard InChI is InChI=1S/C8H19NS/c1-7(2)9(4)6-8(3)10-5/h7-8H,6H2,1-5H3/t8-/m0/s1. The quantitative estimate of drug-likeness (QED) is 0.621. The van der Waals surface area contributed by atoms with Gasteiger partial charge in [0.2, 0.25) is 0 Å². The molecule has 0 radical (unpaired) electrons. The second kappa shape index (κ2) is 5.03. The summed E-state index contributed by atoms with van der Waals surface area (Å²) in [5, 5.41) is 0.757. The molecule has 0 aliphatic heterocycles. The summed E-state index contributed by atoms with van der Waals surface area (Å²) in [7, 11) is 2.18. The number of rotatable bonds is 4. The molecule has 1 nitrogen and oxygen atoms in total. The lowest BCUT2D eigenvalue weighted by molar-refractivity contribution is 0.278. The summed E-state index contributed by atoms with van der Waals surface area (Å²) in [5.74, 6) is 0. The minimum atomic E-state index is 0.676. The molecule has 0 N–H and O–H groups in total. The highest BCUT2D eigenvalue weighted by atomic mass is 32.2. The molecule has 0 rings (SSSR count). The summed E-state index contributed by atoms with van der Waals surface area (Å²) in [6.45, 7) is 7.92. The largest absolute Gasteiger partial charge is 0.303 e. The van der Waals surface area contributed by atoms with Crippen molar-refractivity contribution in [2.24, 2.45) is 0 Å². The molecule has 0 unspecified atom stereocenters. The Balaban J connectivity index is 3.46. The first kappa shape index (κ1) is 10.3. The van der Waals surface area contributed by atoms with Crippen LogP contribution in [0.5, 0.6) is 0 Å². The molecule has 62 valence electrons. The lowest BCUT2D eigenvalue weighted by Crippen LogP contribution is -2.31. The molecular weight excluding hydrogens is 142 g/mol. The van der Waals surface area contributed by atoms with Crippen molar-refractivity contribution >= 4 is 11.8 Å². The maximum absolute atomic E-state index is 2.38. The zero-order valence-corrected chi connectivity index (χ0v) is 8.53. The van der Waals surface area contributed by atoms with Crippen LogP contribution >= 0.6 is 11.8 Å². The Kier molecular flexibility index (Phi) is 5.18. The second-order valence-electron chi connectivity index (χ2n) is 3.08. The molecule has 0 saturated carbocycles. The van der Waals surface area contributed by atoms with Crippen LogP contribution in [0, 0.1) is 0 Å². The van der Waals surface area contributed by atoms with E-state index < -0.39 is 0 Å². The summed E-state index contributed by atoms with van der Waals surface area (Å²) in [5.41, 5.74) is 0. The Labute approximate surface area is 69.2 Å². The van der Waals surface area contributed by atoms with Gasteiger partial charge in [0, 0.05) is 17.8 Å². The molecule has 2 heteroatoms. The van der Waals surface area contributed by atoms with Crippen LogP contribution in [0.3, 0.4) is 0 Å². The molecule has 0 aromatic rings. The molecule has 0 amide bonds. The van der Waals surface area contributed by atoms with Gasteiger partial charge in [-0.15, -0.1) is 0 Å². The topological polar surface area (TPSA) is 3.24 Å². The van der Waals surface area contributed by atoms with Gasteiger partial charge in [0.05, 0.1) is 0 Å². The van der Waals surface area contributed by atoms with Gasteiger partial charge >= 0.3 is 0 Å². The normalized spacial score (nSPS) is 14.7. The molecule has 0 aromatic heterocycles. The van der Waals surface area contributed by atoms with Gasteiger partial charge in [-0.1, -0.05) is 6.92 Å². The van der Waals surface area contributed by atoms with Gasteiger partial charge in [0.25, 0.3) is 0 Å². The molecule has 1 atom stereocenters. The zero-order chi connectivity index (χ0) is 8.15. The second-order valence-corrected chi connectivity index (χ2v) is 4.36. The van der Waals surface area contributed by atoms with Gasteiger partial charge < -0.3 is 4.90 Å². The molecule has 0 aromatic carbocycles. The van der Waals surface area contributed by atoms with Gasteiger partial charge in [-0.3, -0.25) is 0 Å². The average molecular weight is 161 g/mol. The first-order valence-corrected chi connectivity index (χ1v) is 5.09. The SMILES string of the molecule is CS[C@@H](C)CN(C)C(C)C. The third kappa shape index (κ3) is 4.18. The zero-order valence-electron chi connectivity index (χ0n) is 7.72. The summed E-state index contributed by atoms with van der Waals surface area (Å²) in [4.78, 5) is 2.38. The number of hydrogen-bond acceptors (Lipinski definition) is 2. The van der Waals surface area contributed by atoms with Crippen molar-refractivity contribution in [2.45, 2.75) is 32.1 Å². The molecule has 0 aliphatic carbocycles. The molecule has 0 heterocycles. The highest BCUT2D eigenvalue weighted by Gasteiger charge is 2.06. The van der Waals surface area contributed by atoms with Crippen LogP contribution < -0.4 is 0 Å². The van der Waals surface area contributed by atoms with Crippen molar-refractivity contribution in [3.8, 4) is 0 Å². The van der Waals surface area contributed by atoms with Gasteiger partial charge in [-0.2, -0.15) is 11.8 Å². The summed E-state index contributed by atoms with van der Waals surface area (Å²) < 4.78 is 0. The summed E-state index contributed by atoms with van der Waals surface area (Å²) >= 11 is 1.93. The minimum absolute atomic E-state index is 0.676. The van der Waals surface area contributed by atoms with Crippen LogP contribution in [0.1, 0.15) is 20.8 Å². The Morgan fingerprint density at radius 2 is 1.80 bits per heavy atom. The fourth-order valence-electron chi connectivity index (χ4n) is 0.691. The van der Waals surface area contributed by atoms with E-state index >= 15 is 0 Å². The van der Waals surface area contributed by atoms with Crippen molar-refractivity contribution in [3.05, 3.63) is 0 Å². The lowest BCUT2D eigenvalue weighted by atomic mass is 10.3.